The number of nitrogens with one attached hydrogen (secondary N) is 1. The van der Waals surface area contributed by atoms with Crippen LogP contribution in [0.4, 0.5) is 4.79 Å². The Morgan fingerprint density at radius 1 is 1.35 bits per heavy atom. The van der Waals surface area contributed by atoms with Gasteiger partial charge < -0.3 is 21.1 Å². The minimum absolute atomic E-state index is 0.136. The molecule has 2 unspecified atom stereocenters. The van der Waals surface area contributed by atoms with Gasteiger partial charge in [0.05, 0.1) is 6.42 Å². The minimum Gasteiger partial charge on any atom is -0.481 e. The average molecular weight is 245 g/mol. The van der Waals surface area contributed by atoms with Gasteiger partial charge in [-0.1, -0.05) is 0 Å². The Labute approximate surface area is 100.0 Å². The standard InChI is InChI=1S/C10H19N3O4/c1-4-13(6(2)5-8(14)15)9(16)7(3)12-10(11)17/h6-7H,4-5H2,1-3H3,(H,14,15)(H3,11,12,17). The third kappa shape index (κ3) is 5.19. The first-order valence-corrected chi connectivity index (χ1v) is 5.37. The summed E-state index contributed by atoms with van der Waals surface area (Å²) in [6, 6.07) is -1.97. The molecule has 0 aliphatic rings. The van der Waals surface area contributed by atoms with Gasteiger partial charge >= 0.3 is 12.0 Å². The molecule has 7 heteroatoms. The van der Waals surface area contributed by atoms with Crippen molar-refractivity contribution in [3.05, 3.63) is 0 Å². The average Bonchev–Trinajstić information content (AvgIpc) is 2.16. The molecule has 0 saturated carbocycles. The van der Waals surface area contributed by atoms with E-state index in [1.807, 2.05) is 0 Å². The lowest BCUT2D eigenvalue weighted by Crippen LogP contribution is -2.51. The topological polar surface area (TPSA) is 113 Å². The molecule has 3 amide bonds. The first-order valence-electron chi connectivity index (χ1n) is 5.37. The summed E-state index contributed by atoms with van der Waals surface area (Å²) < 4.78 is 0. The highest BCUT2D eigenvalue weighted by Gasteiger charge is 2.25. The molecule has 0 aliphatic heterocycles. The Balaban J connectivity index is 4.58. The molecular formula is C10H19N3O4. The Kier molecular flexibility index (Phi) is 6.01. The van der Waals surface area contributed by atoms with Gasteiger partial charge in [-0.3, -0.25) is 9.59 Å². The number of carbonyl (C=O) groups excluding carboxylic acids is 2. The summed E-state index contributed by atoms with van der Waals surface area (Å²) in [4.78, 5) is 34.5. The van der Waals surface area contributed by atoms with E-state index in [2.05, 4.69) is 5.32 Å². The van der Waals surface area contributed by atoms with Crippen LogP contribution in [0.3, 0.4) is 0 Å². The number of aliphatic carboxylic acids is 1. The monoisotopic (exact) mass is 245 g/mol. The van der Waals surface area contributed by atoms with Crippen LogP contribution in [0.25, 0.3) is 0 Å². The molecular weight excluding hydrogens is 226 g/mol. The van der Waals surface area contributed by atoms with E-state index < -0.39 is 24.1 Å². The normalized spacial score (nSPS) is 13.6. The highest BCUT2D eigenvalue weighted by Crippen LogP contribution is 2.06. The quantitative estimate of drug-likeness (QED) is 0.599. The molecule has 0 spiro atoms. The number of rotatable bonds is 6. The molecule has 0 rings (SSSR count). The van der Waals surface area contributed by atoms with Crippen molar-refractivity contribution >= 4 is 17.9 Å². The Morgan fingerprint density at radius 3 is 2.24 bits per heavy atom. The van der Waals surface area contributed by atoms with Crippen LogP contribution in [-0.4, -0.2) is 46.5 Å². The number of hydrogen-bond acceptors (Lipinski definition) is 3. The molecule has 2 atom stereocenters. The summed E-state index contributed by atoms with van der Waals surface area (Å²) in [5.41, 5.74) is 4.91. The van der Waals surface area contributed by atoms with Crippen LogP contribution in [0.1, 0.15) is 27.2 Å². The highest BCUT2D eigenvalue weighted by atomic mass is 16.4. The van der Waals surface area contributed by atoms with Gasteiger partial charge in [0.2, 0.25) is 5.91 Å². The maximum Gasteiger partial charge on any atom is 0.312 e. The minimum atomic E-state index is -0.973. The number of primary amides is 1. The fourth-order valence-electron chi connectivity index (χ4n) is 1.57. The Morgan fingerprint density at radius 2 is 1.88 bits per heavy atom. The highest BCUT2D eigenvalue weighted by molar-refractivity contribution is 5.86. The third-order valence-electron chi connectivity index (χ3n) is 2.36. The molecule has 0 bridgehead atoms. The molecule has 0 aliphatic carbocycles. The fourth-order valence-corrected chi connectivity index (χ4v) is 1.57. The van der Waals surface area contributed by atoms with E-state index in [4.69, 9.17) is 10.8 Å². The van der Waals surface area contributed by atoms with Gasteiger partial charge in [0.25, 0.3) is 0 Å². The molecule has 0 fully saturated rings. The predicted molar refractivity (Wildman–Crippen MR) is 61.3 cm³/mol. The molecule has 0 radical (unpaired) electrons. The second-order valence-corrected chi connectivity index (χ2v) is 3.80. The molecule has 0 saturated heterocycles. The molecule has 98 valence electrons. The van der Waals surface area contributed by atoms with Crippen molar-refractivity contribution < 1.29 is 19.5 Å². The lowest BCUT2D eigenvalue weighted by Gasteiger charge is -2.29. The van der Waals surface area contributed by atoms with E-state index in [-0.39, 0.29) is 12.3 Å². The van der Waals surface area contributed by atoms with Gasteiger partial charge in [0, 0.05) is 12.6 Å². The smallest absolute Gasteiger partial charge is 0.312 e. The lowest BCUT2D eigenvalue weighted by molar-refractivity contribution is -0.141. The molecule has 0 aromatic carbocycles. The number of carboxylic acid groups (broad SMARTS) is 1. The Bertz CT molecular complexity index is 306. The fraction of sp³-hybridized carbons (Fsp3) is 0.700. The van der Waals surface area contributed by atoms with E-state index in [0.29, 0.717) is 6.54 Å². The summed E-state index contributed by atoms with van der Waals surface area (Å²) in [7, 11) is 0. The molecule has 0 heterocycles. The molecule has 7 nitrogen and oxygen atoms in total. The molecule has 0 aromatic rings. The summed E-state index contributed by atoms with van der Waals surface area (Å²) in [5.74, 6) is -1.32. The zero-order chi connectivity index (χ0) is 13.6. The number of likely N-dealkylation sites (N-methyl/N-ethyl adjacent to an activating group) is 1. The van der Waals surface area contributed by atoms with Crippen LogP contribution >= 0.6 is 0 Å². The zero-order valence-electron chi connectivity index (χ0n) is 10.3. The van der Waals surface area contributed by atoms with Crippen molar-refractivity contribution in [1.29, 1.82) is 0 Å². The number of carboxylic acids is 1. The first-order chi connectivity index (χ1) is 7.79. The second kappa shape index (κ2) is 6.72. The number of carbonyl (C=O) groups is 3. The first kappa shape index (κ1) is 15.2. The van der Waals surface area contributed by atoms with Gasteiger partial charge in [-0.15, -0.1) is 0 Å². The predicted octanol–water partition coefficient (Wildman–Crippen LogP) is -0.245. The van der Waals surface area contributed by atoms with Crippen LogP contribution < -0.4 is 11.1 Å². The number of urea groups is 1. The summed E-state index contributed by atoms with van der Waals surface area (Å²) in [6.45, 7) is 5.26. The maximum absolute atomic E-state index is 11.9. The molecule has 4 N–H and O–H groups in total. The SMILES string of the molecule is CCN(C(=O)C(C)NC(N)=O)C(C)CC(=O)O. The van der Waals surface area contributed by atoms with E-state index in [9.17, 15) is 14.4 Å². The summed E-state index contributed by atoms with van der Waals surface area (Å²) >= 11 is 0. The van der Waals surface area contributed by atoms with Gasteiger partial charge in [-0.05, 0) is 20.8 Å². The van der Waals surface area contributed by atoms with Crippen molar-refractivity contribution in [3.63, 3.8) is 0 Å². The third-order valence-corrected chi connectivity index (χ3v) is 2.36. The van der Waals surface area contributed by atoms with Gasteiger partial charge in [0.1, 0.15) is 6.04 Å². The second-order valence-electron chi connectivity index (χ2n) is 3.80. The molecule has 0 aromatic heterocycles. The number of nitrogens with two attached hydrogens (primary N) is 1. The largest absolute Gasteiger partial charge is 0.481 e. The summed E-state index contributed by atoms with van der Waals surface area (Å²) in [6.07, 6.45) is -0.136. The van der Waals surface area contributed by atoms with Crippen LogP contribution in [-0.2, 0) is 9.59 Å². The maximum atomic E-state index is 11.9. The number of amides is 3. The van der Waals surface area contributed by atoms with Gasteiger partial charge in [-0.2, -0.15) is 0 Å². The van der Waals surface area contributed by atoms with E-state index in [1.54, 1.807) is 13.8 Å². The van der Waals surface area contributed by atoms with E-state index >= 15 is 0 Å². The van der Waals surface area contributed by atoms with Crippen molar-refractivity contribution in [2.75, 3.05) is 6.54 Å². The number of hydrogen-bond donors (Lipinski definition) is 3. The lowest BCUT2D eigenvalue weighted by atomic mass is 10.1. The van der Waals surface area contributed by atoms with Crippen LogP contribution in [0.5, 0.6) is 0 Å². The van der Waals surface area contributed by atoms with Crippen molar-refractivity contribution in [1.82, 2.24) is 10.2 Å². The number of nitrogens with zero attached hydrogens (tertiary/aromatic N) is 1. The van der Waals surface area contributed by atoms with Gasteiger partial charge in [0.15, 0.2) is 0 Å². The van der Waals surface area contributed by atoms with Crippen molar-refractivity contribution in [2.24, 2.45) is 5.73 Å². The van der Waals surface area contributed by atoms with Crippen molar-refractivity contribution in [3.8, 4) is 0 Å². The Hall–Kier alpha value is -1.79. The zero-order valence-corrected chi connectivity index (χ0v) is 10.3. The summed E-state index contributed by atoms with van der Waals surface area (Å²) in [5, 5.41) is 10.9. The molecule has 17 heavy (non-hydrogen) atoms. The van der Waals surface area contributed by atoms with E-state index in [1.165, 1.54) is 11.8 Å². The van der Waals surface area contributed by atoms with Crippen molar-refractivity contribution in [2.45, 2.75) is 39.3 Å². The van der Waals surface area contributed by atoms with Gasteiger partial charge in [-0.25, -0.2) is 4.79 Å². The van der Waals surface area contributed by atoms with Crippen LogP contribution in [0.2, 0.25) is 0 Å². The van der Waals surface area contributed by atoms with Crippen LogP contribution in [0, 0.1) is 0 Å². The van der Waals surface area contributed by atoms with E-state index in [0.717, 1.165) is 0 Å². The van der Waals surface area contributed by atoms with Crippen LogP contribution in [0.15, 0.2) is 0 Å².